The second kappa shape index (κ2) is 5.50. The molecule has 0 amide bonds. The van der Waals surface area contributed by atoms with Crippen molar-refractivity contribution in [1.29, 1.82) is 0 Å². The maximum atomic E-state index is 5.85. The van der Waals surface area contributed by atoms with Crippen LogP contribution in [0.25, 0.3) is 11.3 Å². The second-order valence-corrected chi connectivity index (χ2v) is 5.14. The molecule has 3 nitrogen and oxygen atoms in total. The van der Waals surface area contributed by atoms with E-state index in [1.54, 1.807) is 18.4 Å². The van der Waals surface area contributed by atoms with Crippen LogP contribution in [0.2, 0.25) is 0 Å². The molecule has 0 fully saturated rings. The van der Waals surface area contributed by atoms with Gasteiger partial charge in [0.25, 0.3) is 0 Å². The van der Waals surface area contributed by atoms with Crippen LogP contribution in [0.15, 0.2) is 23.6 Å². The van der Waals surface area contributed by atoms with Crippen LogP contribution < -0.4 is 10.5 Å². The Morgan fingerprint density at radius 2 is 2.22 bits per heavy atom. The minimum Gasteiger partial charge on any atom is -0.496 e. The molecule has 1 aromatic heterocycles. The smallest absolute Gasteiger partial charge is 0.128 e. The SMILES string of the molecule is CCc1ccc(OC)c(-c2csc(C(C)N)n2)c1. The van der Waals surface area contributed by atoms with Gasteiger partial charge in [0, 0.05) is 10.9 Å². The fourth-order valence-electron chi connectivity index (χ4n) is 1.80. The minimum absolute atomic E-state index is 0.0240. The van der Waals surface area contributed by atoms with Crippen LogP contribution in [0.1, 0.15) is 30.5 Å². The largest absolute Gasteiger partial charge is 0.496 e. The molecule has 1 unspecified atom stereocenters. The number of nitrogens with two attached hydrogens (primary N) is 1. The zero-order valence-corrected chi connectivity index (χ0v) is 11.8. The molecule has 2 N–H and O–H groups in total. The maximum absolute atomic E-state index is 5.85. The lowest BCUT2D eigenvalue weighted by Gasteiger charge is -2.08. The van der Waals surface area contributed by atoms with Crippen molar-refractivity contribution < 1.29 is 4.74 Å². The highest BCUT2D eigenvalue weighted by atomic mass is 32.1. The third-order valence-electron chi connectivity index (χ3n) is 2.86. The molecule has 1 heterocycles. The van der Waals surface area contributed by atoms with Crippen molar-refractivity contribution in [2.24, 2.45) is 5.73 Å². The zero-order chi connectivity index (χ0) is 13.1. The summed E-state index contributed by atoms with van der Waals surface area (Å²) in [5, 5.41) is 2.99. The molecule has 18 heavy (non-hydrogen) atoms. The molecule has 2 aromatic rings. The van der Waals surface area contributed by atoms with E-state index in [2.05, 4.69) is 24.0 Å². The number of aromatic nitrogens is 1. The average Bonchev–Trinajstić information content (AvgIpc) is 2.87. The summed E-state index contributed by atoms with van der Waals surface area (Å²) in [6.07, 6.45) is 1.00. The normalized spacial score (nSPS) is 12.4. The number of ether oxygens (including phenoxy) is 1. The van der Waals surface area contributed by atoms with Crippen LogP contribution in [0.4, 0.5) is 0 Å². The number of nitrogens with zero attached hydrogens (tertiary/aromatic N) is 1. The summed E-state index contributed by atoms with van der Waals surface area (Å²) in [7, 11) is 1.68. The molecule has 0 bridgehead atoms. The Hall–Kier alpha value is -1.39. The molecule has 1 aromatic carbocycles. The Kier molecular flexibility index (Phi) is 3.99. The van der Waals surface area contributed by atoms with E-state index in [0.29, 0.717) is 0 Å². The first-order chi connectivity index (χ1) is 8.65. The molecular formula is C14H18N2OS. The average molecular weight is 262 g/mol. The van der Waals surface area contributed by atoms with E-state index in [1.807, 2.05) is 18.4 Å². The summed E-state index contributed by atoms with van der Waals surface area (Å²) >= 11 is 1.59. The number of benzene rings is 1. The van der Waals surface area contributed by atoms with Gasteiger partial charge < -0.3 is 10.5 Å². The van der Waals surface area contributed by atoms with E-state index in [0.717, 1.165) is 28.4 Å². The van der Waals surface area contributed by atoms with Crippen LogP contribution in [0.3, 0.4) is 0 Å². The summed E-state index contributed by atoms with van der Waals surface area (Å²) in [6, 6.07) is 6.20. The fraction of sp³-hybridized carbons (Fsp3) is 0.357. The van der Waals surface area contributed by atoms with Gasteiger partial charge in [-0.3, -0.25) is 0 Å². The molecule has 0 aliphatic heterocycles. The van der Waals surface area contributed by atoms with Crippen molar-refractivity contribution in [3.05, 3.63) is 34.2 Å². The number of methoxy groups -OCH3 is 1. The van der Waals surface area contributed by atoms with E-state index in [4.69, 9.17) is 10.5 Å². The Bertz CT molecular complexity index is 534. The molecular weight excluding hydrogens is 244 g/mol. The summed E-state index contributed by atoms with van der Waals surface area (Å²) in [4.78, 5) is 4.58. The highest BCUT2D eigenvalue weighted by Gasteiger charge is 2.12. The van der Waals surface area contributed by atoms with Crippen LogP contribution in [0.5, 0.6) is 5.75 Å². The van der Waals surface area contributed by atoms with Crippen molar-refractivity contribution in [3.8, 4) is 17.0 Å². The van der Waals surface area contributed by atoms with Gasteiger partial charge in [0.05, 0.1) is 18.8 Å². The van der Waals surface area contributed by atoms with Gasteiger partial charge in [-0.15, -0.1) is 11.3 Å². The zero-order valence-electron chi connectivity index (χ0n) is 10.9. The standard InChI is InChI=1S/C14H18N2OS/c1-4-10-5-6-13(17-3)11(7-10)12-8-18-14(16-12)9(2)15/h5-9H,4,15H2,1-3H3. The Morgan fingerprint density at radius 3 is 2.78 bits per heavy atom. The van der Waals surface area contributed by atoms with E-state index in [9.17, 15) is 0 Å². The van der Waals surface area contributed by atoms with E-state index >= 15 is 0 Å². The second-order valence-electron chi connectivity index (χ2n) is 4.25. The van der Waals surface area contributed by atoms with Gasteiger partial charge in [-0.25, -0.2) is 4.98 Å². The topological polar surface area (TPSA) is 48.1 Å². The molecule has 2 rings (SSSR count). The molecule has 0 aliphatic carbocycles. The molecule has 1 atom stereocenters. The van der Waals surface area contributed by atoms with Gasteiger partial charge in [-0.05, 0) is 31.0 Å². The Balaban J connectivity index is 2.46. The van der Waals surface area contributed by atoms with E-state index in [1.165, 1.54) is 5.56 Å². The Labute approximate surface area is 112 Å². The highest BCUT2D eigenvalue weighted by Crippen LogP contribution is 2.32. The van der Waals surface area contributed by atoms with Crippen molar-refractivity contribution in [2.75, 3.05) is 7.11 Å². The molecule has 0 saturated heterocycles. The number of thiazole rings is 1. The van der Waals surface area contributed by atoms with Gasteiger partial charge in [0.1, 0.15) is 10.8 Å². The summed E-state index contributed by atoms with van der Waals surface area (Å²) in [5.41, 5.74) is 9.11. The number of rotatable bonds is 4. The maximum Gasteiger partial charge on any atom is 0.128 e. The van der Waals surface area contributed by atoms with Crippen molar-refractivity contribution in [1.82, 2.24) is 4.98 Å². The van der Waals surface area contributed by atoms with Crippen LogP contribution >= 0.6 is 11.3 Å². The number of hydrogen-bond donors (Lipinski definition) is 1. The van der Waals surface area contributed by atoms with E-state index in [-0.39, 0.29) is 6.04 Å². The number of hydrogen-bond acceptors (Lipinski definition) is 4. The minimum atomic E-state index is -0.0240. The summed E-state index contributed by atoms with van der Waals surface area (Å²) in [6.45, 7) is 4.09. The van der Waals surface area contributed by atoms with E-state index < -0.39 is 0 Å². The van der Waals surface area contributed by atoms with Gasteiger partial charge in [0.15, 0.2) is 0 Å². The quantitative estimate of drug-likeness (QED) is 0.918. The molecule has 0 aliphatic rings. The summed E-state index contributed by atoms with van der Waals surface area (Å²) < 4.78 is 5.40. The highest BCUT2D eigenvalue weighted by molar-refractivity contribution is 7.10. The summed E-state index contributed by atoms with van der Waals surface area (Å²) in [5.74, 6) is 0.855. The van der Waals surface area contributed by atoms with Crippen LogP contribution in [0, 0.1) is 0 Å². The van der Waals surface area contributed by atoms with Crippen molar-refractivity contribution in [3.63, 3.8) is 0 Å². The first kappa shape index (κ1) is 13.1. The third kappa shape index (κ3) is 2.54. The molecule has 0 spiro atoms. The predicted molar refractivity (Wildman–Crippen MR) is 76.1 cm³/mol. The van der Waals surface area contributed by atoms with Crippen LogP contribution in [-0.2, 0) is 6.42 Å². The predicted octanol–water partition coefficient (Wildman–Crippen LogP) is 3.40. The molecule has 0 saturated carbocycles. The van der Waals surface area contributed by atoms with Crippen molar-refractivity contribution >= 4 is 11.3 Å². The lowest BCUT2D eigenvalue weighted by Crippen LogP contribution is -2.04. The monoisotopic (exact) mass is 262 g/mol. The van der Waals surface area contributed by atoms with Crippen LogP contribution in [-0.4, -0.2) is 12.1 Å². The van der Waals surface area contributed by atoms with Gasteiger partial charge >= 0.3 is 0 Å². The van der Waals surface area contributed by atoms with Crippen molar-refractivity contribution in [2.45, 2.75) is 26.3 Å². The third-order valence-corrected chi connectivity index (χ3v) is 3.91. The first-order valence-corrected chi connectivity index (χ1v) is 6.92. The lowest BCUT2D eigenvalue weighted by atomic mass is 10.1. The molecule has 96 valence electrons. The Morgan fingerprint density at radius 1 is 1.44 bits per heavy atom. The van der Waals surface area contributed by atoms with Gasteiger partial charge in [-0.2, -0.15) is 0 Å². The number of aryl methyl sites for hydroxylation is 1. The fourth-order valence-corrected chi connectivity index (χ4v) is 2.57. The molecule has 0 radical (unpaired) electrons. The van der Waals surface area contributed by atoms with Gasteiger partial charge in [-0.1, -0.05) is 13.0 Å². The van der Waals surface area contributed by atoms with Gasteiger partial charge in [0.2, 0.25) is 0 Å². The molecule has 4 heteroatoms. The lowest BCUT2D eigenvalue weighted by molar-refractivity contribution is 0.416. The first-order valence-electron chi connectivity index (χ1n) is 6.04.